The molecule has 0 heterocycles. The van der Waals surface area contributed by atoms with Crippen LogP contribution in [0.15, 0.2) is 24.3 Å². The Balaban J connectivity index is 2.33. The quantitative estimate of drug-likeness (QED) is 0.903. The van der Waals surface area contributed by atoms with Crippen molar-refractivity contribution < 1.29 is 23.1 Å². The molecule has 1 aliphatic rings. The number of carboxylic acid groups (broad SMARTS) is 1. The number of rotatable bonds is 4. The molecule has 1 saturated carbocycles. The second-order valence-corrected chi connectivity index (χ2v) is 4.30. The standard InChI is InChI=1S/C12H12F3NO2/c13-12(14,15)7-16(8-5-6-8)10-4-2-1-3-9(10)11(17)18/h1-4,8H,5-7H2,(H,17,18). The molecule has 6 heteroatoms. The van der Waals surface area contributed by atoms with E-state index in [9.17, 15) is 18.0 Å². The van der Waals surface area contributed by atoms with Gasteiger partial charge in [-0.05, 0) is 25.0 Å². The lowest BCUT2D eigenvalue weighted by Gasteiger charge is -2.27. The van der Waals surface area contributed by atoms with E-state index in [0.717, 1.165) is 4.90 Å². The van der Waals surface area contributed by atoms with E-state index >= 15 is 0 Å². The topological polar surface area (TPSA) is 40.5 Å². The Morgan fingerprint density at radius 2 is 1.94 bits per heavy atom. The predicted molar refractivity (Wildman–Crippen MR) is 59.8 cm³/mol. The highest BCUT2D eigenvalue weighted by molar-refractivity contribution is 5.94. The molecule has 1 aromatic carbocycles. The van der Waals surface area contributed by atoms with Crippen molar-refractivity contribution in [3.05, 3.63) is 29.8 Å². The Morgan fingerprint density at radius 1 is 1.33 bits per heavy atom. The third-order valence-corrected chi connectivity index (χ3v) is 2.78. The third kappa shape index (κ3) is 2.94. The van der Waals surface area contributed by atoms with Crippen LogP contribution in [0.2, 0.25) is 0 Å². The summed E-state index contributed by atoms with van der Waals surface area (Å²) in [6, 6.07) is 5.60. The average Bonchev–Trinajstić information content (AvgIpc) is 3.08. The molecular weight excluding hydrogens is 247 g/mol. The summed E-state index contributed by atoms with van der Waals surface area (Å²) in [6.07, 6.45) is -3.00. The molecule has 0 aromatic heterocycles. The van der Waals surface area contributed by atoms with Gasteiger partial charge in [0.1, 0.15) is 6.54 Å². The van der Waals surface area contributed by atoms with Gasteiger partial charge in [-0.2, -0.15) is 13.2 Å². The second-order valence-electron chi connectivity index (χ2n) is 4.30. The molecule has 1 N–H and O–H groups in total. The van der Waals surface area contributed by atoms with Gasteiger partial charge in [0.25, 0.3) is 0 Å². The monoisotopic (exact) mass is 259 g/mol. The first-order valence-electron chi connectivity index (χ1n) is 5.54. The fraction of sp³-hybridized carbons (Fsp3) is 0.417. The summed E-state index contributed by atoms with van der Waals surface area (Å²) in [5.74, 6) is -1.21. The molecule has 3 nitrogen and oxygen atoms in total. The molecule has 1 fully saturated rings. The highest BCUT2D eigenvalue weighted by atomic mass is 19.4. The fourth-order valence-corrected chi connectivity index (χ4v) is 1.90. The third-order valence-electron chi connectivity index (χ3n) is 2.78. The number of nitrogens with zero attached hydrogens (tertiary/aromatic N) is 1. The number of hydrogen-bond acceptors (Lipinski definition) is 2. The largest absolute Gasteiger partial charge is 0.478 e. The Bertz CT molecular complexity index is 455. The van der Waals surface area contributed by atoms with Crippen molar-refractivity contribution >= 4 is 11.7 Å². The van der Waals surface area contributed by atoms with E-state index in [0.29, 0.717) is 12.8 Å². The molecule has 0 amide bonds. The van der Waals surface area contributed by atoms with Gasteiger partial charge in [-0.1, -0.05) is 12.1 Å². The minimum atomic E-state index is -4.34. The maximum absolute atomic E-state index is 12.5. The molecule has 0 unspecified atom stereocenters. The van der Waals surface area contributed by atoms with Crippen molar-refractivity contribution in [3.63, 3.8) is 0 Å². The van der Waals surface area contributed by atoms with Gasteiger partial charge in [-0.25, -0.2) is 4.79 Å². The lowest BCUT2D eigenvalue weighted by Crippen LogP contribution is -2.36. The Hall–Kier alpha value is -1.72. The lowest BCUT2D eigenvalue weighted by molar-refractivity contribution is -0.120. The van der Waals surface area contributed by atoms with Gasteiger partial charge >= 0.3 is 12.1 Å². The van der Waals surface area contributed by atoms with Crippen molar-refractivity contribution in [2.45, 2.75) is 25.1 Å². The summed E-state index contributed by atoms with van der Waals surface area (Å²) in [5.41, 5.74) is 0.0541. The number of benzene rings is 1. The summed E-state index contributed by atoms with van der Waals surface area (Å²) in [5, 5.41) is 9.01. The summed E-state index contributed by atoms with van der Waals surface area (Å²) < 4.78 is 37.6. The molecule has 1 aliphatic carbocycles. The van der Waals surface area contributed by atoms with Crippen LogP contribution in [0.3, 0.4) is 0 Å². The molecule has 0 saturated heterocycles. The SMILES string of the molecule is O=C(O)c1ccccc1N(CC(F)(F)F)C1CC1. The summed E-state index contributed by atoms with van der Waals surface area (Å²) >= 11 is 0. The van der Waals surface area contributed by atoms with Gasteiger partial charge < -0.3 is 10.0 Å². The van der Waals surface area contributed by atoms with Crippen LogP contribution in [-0.4, -0.2) is 29.8 Å². The van der Waals surface area contributed by atoms with Gasteiger partial charge in [0.05, 0.1) is 11.3 Å². The van der Waals surface area contributed by atoms with Gasteiger partial charge in [0.2, 0.25) is 0 Å². The smallest absolute Gasteiger partial charge is 0.405 e. The molecule has 0 aliphatic heterocycles. The first kappa shape index (κ1) is 12.7. The summed E-state index contributed by atoms with van der Waals surface area (Å²) in [6.45, 7) is -1.11. The Kier molecular flexibility index (Phi) is 3.19. The number of carbonyl (C=O) groups is 1. The van der Waals surface area contributed by atoms with Gasteiger partial charge in [-0.15, -0.1) is 0 Å². The van der Waals surface area contributed by atoms with E-state index in [4.69, 9.17) is 5.11 Å². The van der Waals surface area contributed by atoms with Crippen molar-refractivity contribution in [2.24, 2.45) is 0 Å². The van der Waals surface area contributed by atoms with Crippen molar-refractivity contribution in [1.29, 1.82) is 0 Å². The number of carboxylic acids is 1. The van der Waals surface area contributed by atoms with E-state index in [-0.39, 0.29) is 17.3 Å². The van der Waals surface area contributed by atoms with Gasteiger partial charge in [0.15, 0.2) is 0 Å². The molecule has 2 rings (SSSR count). The summed E-state index contributed by atoms with van der Waals surface area (Å²) in [4.78, 5) is 12.2. The maximum Gasteiger partial charge on any atom is 0.405 e. The molecule has 98 valence electrons. The molecule has 0 radical (unpaired) electrons. The van der Waals surface area contributed by atoms with Crippen molar-refractivity contribution in [3.8, 4) is 0 Å². The Labute approximate surface area is 102 Å². The molecule has 0 spiro atoms. The fourth-order valence-electron chi connectivity index (χ4n) is 1.90. The molecule has 18 heavy (non-hydrogen) atoms. The molecule has 1 aromatic rings. The number of hydrogen-bond donors (Lipinski definition) is 1. The minimum absolute atomic E-state index is 0.0892. The van der Waals surface area contributed by atoms with Crippen LogP contribution in [0, 0.1) is 0 Å². The van der Waals surface area contributed by atoms with Crippen molar-refractivity contribution in [1.82, 2.24) is 0 Å². The van der Waals surface area contributed by atoms with Crippen molar-refractivity contribution in [2.75, 3.05) is 11.4 Å². The Morgan fingerprint density at radius 3 is 2.44 bits per heavy atom. The second kappa shape index (κ2) is 4.51. The number of alkyl halides is 3. The van der Waals surface area contributed by atoms with Crippen LogP contribution >= 0.6 is 0 Å². The normalized spacial score (nSPS) is 15.5. The number of aromatic carboxylic acids is 1. The van der Waals surface area contributed by atoms with Gasteiger partial charge in [0, 0.05) is 6.04 Å². The van der Waals surface area contributed by atoms with Crippen LogP contribution in [0.5, 0.6) is 0 Å². The minimum Gasteiger partial charge on any atom is -0.478 e. The van der Waals surface area contributed by atoms with Crippen LogP contribution in [0.1, 0.15) is 23.2 Å². The molecule has 0 bridgehead atoms. The number of halogens is 3. The van der Waals surface area contributed by atoms with E-state index in [1.807, 2.05) is 0 Å². The first-order valence-corrected chi connectivity index (χ1v) is 5.54. The first-order chi connectivity index (χ1) is 8.38. The van der Waals surface area contributed by atoms with E-state index in [1.165, 1.54) is 18.2 Å². The lowest BCUT2D eigenvalue weighted by atomic mass is 10.1. The van der Waals surface area contributed by atoms with E-state index in [1.54, 1.807) is 6.07 Å². The van der Waals surface area contributed by atoms with Crippen LogP contribution < -0.4 is 4.90 Å². The van der Waals surface area contributed by atoms with Gasteiger partial charge in [-0.3, -0.25) is 0 Å². The highest BCUT2D eigenvalue weighted by Crippen LogP contribution is 2.35. The zero-order valence-electron chi connectivity index (χ0n) is 9.44. The molecular formula is C12H12F3NO2. The maximum atomic E-state index is 12.5. The van der Waals surface area contributed by atoms with E-state index < -0.39 is 18.7 Å². The zero-order valence-corrected chi connectivity index (χ0v) is 9.44. The number of para-hydroxylation sites is 1. The van der Waals surface area contributed by atoms with Crippen LogP contribution in [-0.2, 0) is 0 Å². The van der Waals surface area contributed by atoms with Crippen LogP contribution in [0.4, 0.5) is 18.9 Å². The predicted octanol–water partition coefficient (Wildman–Crippen LogP) is 2.92. The summed E-state index contributed by atoms with van der Waals surface area (Å²) in [7, 11) is 0. The molecule has 0 atom stereocenters. The average molecular weight is 259 g/mol. The highest BCUT2D eigenvalue weighted by Gasteiger charge is 2.39. The van der Waals surface area contributed by atoms with E-state index in [2.05, 4.69) is 0 Å². The number of anilines is 1. The zero-order chi connectivity index (χ0) is 13.3. The van der Waals surface area contributed by atoms with Crippen LogP contribution in [0.25, 0.3) is 0 Å².